The Morgan fingerprint density at radius 1 is 0.429 bits per heavy atom. The van der Waals surface area contributed by atoms with Crippen LogP contribution in [0.5, 0.6) is 0 Å². The largest absolute Gasteiger partial charge is 0.466 e. The highest BCUT2D eigenvalue weighted by molar-refractivity contribution is 6.21. The monoisotopic (exact) mass is 823 g/mol. The summed E-state index contributed by atoms with van der Waals surface area (Å²) in [5, 5.41) is 6.73. The lowest BCUT2D eigenvalue weighted by molar-refractivity contribution is 0.590. The predicted octanol–water partition coefficient (Wildman–Crippen LogP) is 17.2. The minimum Gasteiger partial charge on any atom is -0.466 e. The van der Waals surface area contributed by atoms with Crippen LogP contribution in [0.1, 0.15) is 105 Å². The molecule has 0 radical (unpaired) electrons. The number of fused-ring (bicyclic) bond motifs is 9. The van der Waals surface area contributed by atoms with E-state index in [-0.39, 0.29) is 21.7 Å². The van der Waals surface area contributed by atoms with Crippen molar-refractivity contribution in [1.29, 1.82) is 0 Å². The average Bonchev–Trinajstić information content (AvgIpc) is 3.89. The zero-order valence-corrected chi connectivity index (χ0v) is 38.9. The first-order valence-corrected chi connectivity index (χ1v) is 22.4. The van der Waals surface area contributed by atoms with Crippen LogP contribution in [0.25, 0.3) is 92.9 Å². The lowest BCUT2D eigenvalue weighted by atomic mass is 9.85. The van der Waals surface area contributed by atoms with Gasteiger partial charge in [0.1, 0.15) is 11.2 Å². The summed E-state index contributed by atoms with van der Waals surface area (Å²) in [6.07, 6.45) is 0. The van der Waals surface area contributed by atoms with Gasteiger partial charge in [-0.2, -0.15) is 0 Å². The van der Waals surface area contributed by atoms with Gasteiger partial charge in [0.15, 0.2) is 0 Å². The van der Waals surface area contributed by atoms with E-state index < -0.39 is 0 Å². The van der Waals surface area contributed by atoms with Crippen LogP contribution in [0, 0.1) is 6.57 Å². The minimum absolute atomic E-state index is 0.0431. The van der Waals surface area contributed by atoms with Crippen molar-refractivity contribution in [2.75, 3.05) is 0 Å². The van der Waals surface area contributed by atoms with Crippen molar-refractivity contribution in [3.8, 4) is 22.5 Å². The highest BCUT2D eigenvalue weighted by Crippen LogP contribution is 2.49. The first-order valence-electron chi connectivity index (χ1n) is 22.4. The van der Waals surface area contributed by atoms with Crippen molar-refractivity contribution >= 4 is 71.2 Å². The summed E-state index contributed by atoms with van der Waals surface area (Å²) in [6.45, 7) is 36.2. The van der Waals surface area contributed by atoms with Gasteiger partial charge >= 0.3 is 0 Å². The molecule has 0 unspecified atom stereocenters. The summed E-state index contributed by atoms with van der Waals surface area (Å²) < 4.78 is 12.0. The average molecular weight is 824 g/mol. The number of furan rings is 1. The van der Waals surface area contributed by atoms with Crippen LogP contribution in [-0.4, -0.2) is 9.13 Å². The molecule has 0 aliphatic rings. The van der Waals surface area contributed by atoms with E-state index in [1.54, 1.807) is 0 Å². The Kier molecular flexibility index (Phi) is 8.82. The smallest absolute Gasteiger partial charge is 0.231 e. The third-order valence-electron chi connectivity index (χ3n) is 13.4. The number of para-hydroxylation sites is 1. The van der Waals surface area contributed by atoms with Gasteiger partial charge in [0.05, 0.1) is 40.0 Å². The second-order valence-electron chi connectivity index (χ2n) is 21.8. The zero-order chi connectivity index (χ0) is 44.5. The van der Waals surface area contributed by atoms with Gasteiger partial charge in [-0.25, -0.2) is 4.85 Å². The number of aromatic nitrogens is 2. The summed E-state index contributed by atoms with van der Waals surface area (Å²) in [5.74, 6) is 0. The van der Waals surface area contributed by atoms with Crippen LogP contribution in [-0.2, 0) is 21.7 Å². The summed E-state index contributed by atoms with van der Waals surface area (Å²) in [6, 6.07) is 47.0. The number of benzene rings is 7. The lowest BCUT2D eigenvalue weighted by Gasteiger charge is -2.21. The summed E-state index contributed by atoms with van der Waals surface area (Å²) in [5.41, 5.74) is 15.3. The van der Waals surface area contributed by atoms with Crippen LogP contribution in [0.3, 0.4) is 0 Å². The first-order chi connectivity index (χ1) is 29.7. The molecule has 0 spiro atoms. The summed E-state index contributed by atoms with van der Waals surface area (Å²) in [4.78, 5) is 4.28. The molecule has 314 valence electrons. The van der Waals surface area contributed by atoms with Gasteiger partial charge in [-0.15, -0.1) is 0 Å². The van der Waals surface area contributed by atoms with Crippen LogP contribution in [0.2, 0.25) is 0 Å². The van der Waals surface area contributed by atoms with Crippen molar-refractivity contribution < 1.29 is 4.42 Å². The Morgan fingerprint density at radius 2 is 0.857 bits per heavy atom. The summed E-state index contributed by atoms with van der Waals surface area (Å²) in [7, 11) is 0. The molecule has 0 fully saturated rings. The fraction of sp³-hybridized carbons (Fsp3) is 0.271. The van der Waals surface area contributed by atoms with Crippen LogP contribution in [0.15, 0.2) is 132 Å². The molecule has 0 amide bonds. The SMILES string of the molecule is [C-]#[N+]c1cc(-n2c3ccc(C(C)(C)C)cc3c3cc(C(C)(C)C)ccc32)c(-n2c3ccc(C(C)(C)C)cc3c3cc(C(C)(C)C)ccc32)c2c1oc1c(-c3ccccc3)cccc12. The molecule has 4 heteroatoms. The van der Waals surface area contributed by atoms with Crippen LogP contribution < -0.4 is 0 Å². The van der Waals surface area contributed by atoms with E-state index in [2.05, 4.69) is 218 Å². The van der Waals surface area contributed by atoms with E-state index >= 15 is 0 Å². The quantitative estimate of drug-likeness (QED) is 0.163. The molecule has 10 aromatic rings. The molecular formula is C59H57N3O. The van der Waals surface area contributed by atoms with E-state index in [1.165, 1.54) is 43.8 Å². The molecule has 0 N–H and O–H groups in total. The van der Waals surface area contributed by atoms with Crippen molar-refractivity contribution in [3.05, 3.63) is 161 Å². The van der Waals surface area contributed by atoms with Gasteiger partial charge in [-0.3, -0.25) is 0 Å². The number of rotatable bonds is 3. The van der Waals surface area contributed by atoms with E-state index in [4.69, 9.17) is 11.0 Å². The Balaban J connectivity index is 1.46. The van der Waals surface area contributed by atoms with E-state index in [9.17, 15) is 0 Å². The highest BCUT2D eigenvalue weighted by atomic mass is 16.3. The molecule has 0 atom stereocenters. The van der Waals surface area contributed by atoms with Crippen LogP contribution in [0.4, 0.5) is 5.69 Å². The standard InChI is InChI=1S/C59H57N3O/c1-56(2,3)36-22-26-47-42(30-36)43-31-37(57(4,5)6)23-27-48(43)61(47)51-34-46(60-13)55-52(41-21-17-20-40(54(41)63-55)35-18-15-14-16-19-35)53(51)62-49-28-24-38(58(7,8)9)32-44(49)45-33-39(59(10,11)12)25-29-50(45)62/h14-34H,1-12H3. The maximum atomic E-state index is 8.78. The second-order valence-corrected chi connectivity index (χ2v) is 21.8. The Morgan fingerprint density at radius 3 is 1.27 bits per heavy atom. The molecule has 0 aliphatic carbocycles. The molecular weight excluding hydrogens is 767 g/mol. The number of hydrogen-bond donors (Lipinski definition) is 0. The number of nitrogens with zero attached hydrogens (tertiary/aromatic N) is 3. The van der Waals surface area contributed by atoms with E-state index in [0.717, 1.165) is 60.9 Å². The topological polar surface area (TPSA) is 27.4 Å². The molecule has 3 aromatic heterocycles. The molecule has 4 nitrogen and oxygen atoms in total. The third kappa shape index (κ3) is 6.38. The van der Waals surface area contributed by atoms with E-state index in [0.29, 0.717) is 11.3 Å². The second kappa shape index (κ2) is 13.7. The molecule has 63 heavy (non-hydrogen) atoms. The minimum atomic E-state index is -0.0463. The maximum absolute atomic E-state index is 8.78. The van der Waals surface area contributed by atoms with Crippen molar-refractivity contribution in [2.45, 2.75) is 105 Å². The van der Waals surface area contributed by atoms with Crippen LogP contribution >= 0.6 is 0 Å². The Hall–Kier alpha value is -6.57. The zero-order valence-electron chi connectivity index (χ0n) is 38.9. The predicted molar refractivity (Wildman–Crippen MR) is 269 cm³/mol. The summed E-state index contributed by atoms with van der Waals surface area (Å²) >= 11 is 0. The maximum Gasteiger partial charge on any atom is 0.231 e. The normalized spacial score (nSPS) is 13.1. The van der Waals surface area contributed by atoms with Gasteiger partial charge in [0.2, 0.25) is 5.69 Å². The molecule has 7 aromatic carbocycles. The molecule has 3 heterocycles. The first kappa shape index (κ1) is 40.5. The van der Waals surface area contributed by atoms with Gasteiger partial charge < -0.3 is 13.6 Å². The van der Waals surface area contributed by atoms with Gasteiger partial charge in [-0.05, 0) is 104 Å². The fourth-order valence-electron chi connectivity index (χ4n) is 9.66. The lowest BCUT2D eigenvalue weighted by Crippen LogP contribution is -2.11. The molecule has 0 saturated heterocycles. The molecule has 0 bridgehead atoms. The third-order valence-corrected chi connectivity index (χ3v) is 13.4. The van der Waals surface area contributed by atoms with Gasteiger partial charge in [0.25, 0.3) is 0 Å². The van der Waals surface area contributed by atoms with Gasteiger partial charge in [0, 0.05) is 37.9 Å². The van der Waals surface area contributed by atoms with Crippen molar-refractivity contribution in [3.63, 3.8) is 0 Å². The van der Waals surface area contributed by atoms with Gasteiger partial charge in [-0.1, -0.05) is 156 Å². The molecule has 0 aliphatic heterocycles. The Bertz CT molecular complexity index is 3390. The Labute approximate surface area is 371 Å². The highest BCUT2D eigenvalue weighted by Gasteiger charge is 2.29. The number of hydrogen-bond acceptors (Lipinski definition) is 1. The molecule has 0 saturated carbocycles. The van der Waals surface area contributed by atoms with E-state index in [1.807, 2.05) is 6.07 Å². The van der Waals surface area contributed by atoms with Crippen molar-refractivity contribution in [2.24, 2.45) is 0 Å². The fourth-order valence-corrected chi connectivity index (χ4v) is 9.66. The molecule has 10 rings (SSSR count). The van der Waals surface area contributed by atoms with Crippen molar-refractivity contribution in [1.82, 2.24) is 9.13 Å².